The van der Waals surface area contributed by atoms with Gasteiger partial charge < -0.3 is 14.7 Å². The van der Waals surface area contributed by atoms with Gasteiger partial charge in [-0.2, -0.15) is 11.8 Å². The van der Waals surface area contributed by atoms with Gasteiger partial charge in [-0.15, -0.1) is 11.8 Å². The van der Waals surface area contributed by atoms with E-state index < -0.39 is 0 Å². The molecule has 6 heteroatoms. The number of aliphatic hydroxyl groups excluding tert-OH is 1. The van der Waals surface area contributed by atoms with Gasteiger partial charge in [0.2, 0.25) is 5.91 Å². The van der Waals surface area contributed by atoms with E-state index in [1.807, 2.05) is 36.1 Å². The van der Waals surface area contributed by atoms with E-state index in [1.165, 1.54) is 0 Å². The second-order valence-electron chi connectivity index (χ2n) is 4.59. The van der Waals surface area contributed by atoms with Gasteiger partial charge in [0.1, 0.15) is 11.1 Å². The van der Waals surface area contributed by atoms with Crippen LogP contribution in [0.15, 0.2) is 24.3 Å². The number of thioether (sulfide) groups is 2. The number of hydrogen-bond donors (Lipinski definition) is 1. The molecule has 1 atom stereocenters. The normalized spacial score (nSPS) is 18.3. The summed E-state index contributed by atoms with van der Waals surface area (Å²) in [7, 11) is 0. The Morgan fingerprint density at radius 2 is 2.33 bits per heavy atom. The minimum Gasteiger partial charge on any atom is -0.494 e. The molecule has 2 rings (SSSR count). The number of carbonyl (C=O) groups excluding carboxylic acids is 1. The molecule has 1 aromatic carbocycles. The molecular weight excluding hydrogens is 306 g/mol. The molecule has 0 radical (unpaired) electrons. The van der Waals surface area contributed by atoms with Crippen molar-refractivity contribution in [3.05, 3.63) is 29.8 Å². The molecule has 1 heterocycles. The summed E-state index contributed by atoms with van der Waals surface area (Å²) in [5, 5.41) is 8.88. The standard InChI is InChI=1S/C15H21NO3S2/c1-2-19-13-5-3-4-12(10-13)15-16(14(18)11-21-15)6-8-20-9-7-17/h3-5,10,15,17H,2,6-9,11H2,1H3. The fourth-order valence-electron chi connectivity index (χ4n) is 2.23. The zero-order chi connectivity index (χ0) is 15.1. The third-order valence-corrected chi connectivity index (χ3v) is 5.33. The molecule has 1 aromatic rings. The first-order chi connectivity index (χ1) is 10.3. The number of ether oxygens (including phenoxy) is 1. The molecule has 0 aliphatic carbocycles. The molecular formula is C15H21NO3S2. The maximum Gasteiger partial charge on any atom is 0.233 e. The molecule has 4 nitrogen and oxygen atoms in total. The number of amides is 1. The van der Waals surface area contributed by atoms with Crippen LogP contribution in [-0.4, -0.2) is 52.9 Å². The molecule has 116 valence electrons. The first kappa shape index (κ1) is 16.5. The second kappa shape index (κ2) is 8.56. The zero-order valence-corrected chi connectivity index (χ0v) is 13.8. The van der Waals surface area contributed by atoms with Crippen molar-refractivity contribution >= 4 is 29.4 Å². The smallest absolute Gasteiger partial charge is 0.233 e. The quantitative estimate of drug-likeness (QED) is 0.743. The van der Waals surface area contributed by atoms with E-state index in [-0.39, 0.29) is 17.9 Å². The van der Waals surface area contributed by atoms with E-state index in [4.69, 9.17) is 9.84 Å². The molecule has 0 bridgehead atoms. The minimum absolute atomic E-state index is 0.0765. The predicted octanol–water partition coefficient (Wildman–Crippen LogP) is 2.38. The molecule has 1 N–H and O–H groups in total. The average Bonchev–Trinajstić information content (AvgIpc) is 2.86. The Morgan fingerprint density at radius 3 is 3.10 bits per heavy atom. The average molecular weight is 327 g/mol. The van der Waals surface area contributed by atoms with E-state index in [0.29, 0.717) is 12.4 Å². The van der Waals surface area contributed by atoms with Crippen molar-refractivity contribution in [2.45, 2.75) is 12.3 Å². The van der Waals surface area contributed by atoms with Gasteiger partial charge in [0, 0.05) is 18.1 Å². The topological polar surface area (TPSA) is 49.8 Å². The lowest BCUT2D eigenvalue weighted by molar-refractivity contribution is -0.127. The molecule has 1 amide bonds. The van der Waals surface area contributed by atoms with Gasteiger partial charge in [-0.05, 0) is 24.6 Å². The highest BCUT2D eigenvalue weighted by atomic mass is 32.2. The van der Waals surface area contributed by atoms with Crippen molar-refractivity contribution in [1.82, 2.24) is 4.90 Å². The van der Waals surface area contributed by atoms with Crippen molar-refractivity contribution < 1.29 is 14.6 Å². The molecule has 1 aliphatic rings. The van der Waals surface area contributed by atoms with Gasteiger partial charge in [-0.25, -0.2) is 0 Å². The van der Waals surface area contributed by atoms with Crippen LogP contribution >= 0.6 is 23.5 Å². The lowest BCUT2D eigenvalue weighted by Crippen LogP contribution is -2.30. The molecule has 1 aliphatic heterocycles. The first-order valence-corrected chi connectivity index (χ1v) is 9.29. The fraction of sp³-hybridized carbons (Fsp3) is 0.533. The maximum absolute atomic E-state index is 12.0. The highest BCUT2D eigenvalue weighted by Gasteiger charge is 2.32. The third-order valence-electron chi connectivity index (χ3n) is 3.13. The van der Waals surface area contributed by atoms with Gasteiger partial charge in [-0.1, -0.05) is 12.1 Å². The summed E-state index contributed by atoms with van der Waals surface area (Å²) in [6.07, 6.45) is 0. The Labute approximate surface area is 134 Å². The molecule has 1 fully saturated rings. The van der Waals surface area contributed by atoms with Crippen LogP contribution < -0.4 is 4.74 Å². The van der Waals surface area contributed by atoms with Crippen molar-refractivity contribution in [2.75, 3.05) is 37.0 Å². The number of hydrogen-bond acceptors (Lipinski definition) is 5. The number of rotatable bonds is 8. The summed E-state index contributed by atoms with van der Waals surface area (Å²) < 4.78 is 5.54. The summed E-state index contributed by atoms with van der Waals surface area (Å²) in [4.78, 5) is 14.0. The van der Waals surface area contributed by atoms with Gasteiger partial charge in [-0.3, -0.25) is 4.79 Å². The van der Waals surface area contributed by atoms with Gasteiger partial charge >= 0.3 is 0 Å². The highest BCUT2D eigenvalue weighted by molar-refractivity contribution is 8.00. The lowest BCUT2D eigenvalue weighted by Gasteiger charge is -2.24. The van der Waals surface area contributed by atoms with Gasteiger partial charge in [0.25, 0.3) is 0 Å². The van der Waals surface area contributed by atoms with Crippen LogP contribution in [0.3, 0.4) is 0 Å². The SMILES string of the molecule is CCOc1cccc(C2SCC(=O)N2CCSCCO)c1. The zero-order valence-electron chi connectivity index (χ0n) is 12.2. The molecule has 0 spiro atoms. The van der Waals surface area contributed by atoms with E-state index >= 15 is 0 Å². The summed E-state index contributed by atoms with van der Waals surface area (Å²) in [5.74, 6) is 3.16. The maximum atomic E-state index is 12.0. The Hall–Kier alpha value is -0.850. The van der Waals surface area contributed by atoms with Crippen molar-refractivity contribution in [3.63, 3.8) is 0 Å². The van der Waals surface area contributed by atoms with Crippen LogP contribution in [0.25, 0.3) is 0 Å². The minimum atomic E-state index is 0.0765. The number of benzene rings is 1. The molecule has 0 saturated carbocycles. The van der Waals surface area contributed by atoms with E-state index in [1.54, 1.807) is 23.5 Å². The van der Waals surface area contributed by atoms with Gasteiger partial charge in [0.05, 0.1) is 19.0 Å². The molecule has 21 heavy (non-hydrogen) atoms. The van der Waals surface area contributed by atoms with E-state index in [9.17, 15) is 4.79 Å². The Balaban J connectivity index is 2.02. The van der Waals surface area contributed by atoms with Crippen LogP contribution in [0, 0.1) is 0 Å². The molecule has 0 aromatic heterocycles. The van der Waals surface area contributed by atoms with Crippen molar-refractivity contribution in [3.8, 4) is 5.75 Å². The van der Waals surface area contributed by atoms with Gasteiger partial charge in [0.15, 0.2) is 0 Å². The predicted molar refractivity (Wildman–Crippen MR) is 88.9 cm³/mol. The number of carbonyl (C=O) groups is 1. The Kier molecular flexibility index (Phi) is 6.73. The summed E-state index contributed by atoms with van der Waals surface area (Å²) >= 11 is 3.34. The number of aliphatic hydroxyl groups is 1. The fourth-order valence-corrected chi connectivity index (χ4v) is 4.09. The Morgan fingerprint density at radius 1 is 1.48 bits per heavy atom. The summed E-state index contributed by atoms with van der Waals surface area (Å²) in [6.45, 7) is 3.51. The highest BCUT2D eigenvalue weighted by Crippen LogP contribution is 2.39. The van der Waals surface area contributed by atoms with Crippen LogP contribution in [0.5, 0.6) is 5.75 Å². The molecule has 1 unspecified atom stereocenters. The van der Waals surface area contributed by atoms with Crippen LogP contribution in [-0.2, 0) is 4.79 Å². The number of nitrogens with zero attached hydrogens (tertiary/aromatic N) is 1. The third kappa shape index (κ3) is 4.56. The van der Waals surface area contributed by atoms with E-state index in [0.717, 1.165) is 29.4 Å². The molecule has 1 saturated heterocycles. The first-order valence-electron chi connectivity index (χ1n) is 7.08. The van der Waals surface area contributed by atoms with Crippen molar-refractivity contribution in [2.24, 2.45) is 0 Å². The Bertz CT molecular complexity index is 470. The second-order valence-corrected chi connectivity index (χ2v) is 6.89. The van der Waals surface area contributed by atoms with Crippen LogP contribution in [0.2, 0.25) is 0 Å². The van der Waals surface area contributed by atoms with E-state index in [2.05, 4.69) is 0 Å². The monoisotopic (exact) mass is 327 g/mol. The van der Waals surface area contributed by atoms with Crippen molar-refractivity contribution in [1.29, 1.82) is 0 Å². The summed E-state index contributed by atoms with van der Waals surface area (Å²) in [6, 6.07) is 7.98. The van der Waals surface area contributed by atoms with Crippen LogP contribution in [0.1, 0.15) is 17.9 Å². The summed E-state index contributed by atoms with van der Waals surface area (Å²) in [5.41, 5.74) is 1.11. The lowest BCUT2D eigenvalue weighted by atomic mass is 10.2. The van der Waals surface area contributed by atoms with Crippen LogP contribution in [0.4, 0.5) is 0 Å². The largest absolute Gasteiger partial charge is 0.494 e.